The molecule has 0 aliphatic heterocycles. The molecule has 1 rings (SSSR count). The van der Waals surface area contributed by atoms with Gasteiger partial charge in [-0.15, -0.1) is 0 Å². The molecule has 1 aromatic carbocycles. The van der Waals surface area contributed by atoms with Gasteiger partial charge in [0, 0.05) is 12.6 Å². The molecule has 1 aromatic rings. The maximum absolute atomic E-state index is 13.8. The Balaban J connectivity index is 2.45. The Bertz CT molecular complexity index is 460. The summed E-state index contributed by atoms with van der Waals surface area (Å²) >= 11 is 0. The molecule has 1 unspecified atom stereocenters. The van der Waals surface area contributed by atoms with Crippen molar-refractivity contribution in [1.82, 2.24) is 5.32 Å². The molecule has 0 bridgehead atoms. The molecule has 0 amide bonds. The highest BCUT2D eigenvalue weighted by atomic mass is 19.1. The van der Waals surface area contributed by atoms with Crippen molar-refractivity contribution in [2.24, 2.45) is 5.92 Å². The van der Waals surface area contributed by atoms with E-state index < -0.39 is 11.8 Å². The van der Waals surface area contributed by atoms with Crippen LogP contribution in [-0.4, -0.2) is 19.1 Å². The van der Waals surface area contributed by atoms with Crippen LogP contribution in [0.3, 0.4) is 0 Å². The van der Waals surface area contributed by atoms with Gasteiger partial charge in [-0.05, 0) is 37.0 Å². The van der Waals surface area contributed by atoms with Crippen LogP contribution in [-0.2, 0) is 11.3 Å². The summed E-state index contributed by atoms with van der Waals surface area (Å²) < 4.78 is 18.3. The summed E-state index contributed by atoms with van der Waals surface area (Å²) in [5.41, 5.74) is 0.807. The van der Waals surface area contributed by atoms with Crippen molar-refractivity contribution in [3.8, 4) is 0 Å². The van der Waals surface area contributed by atoms with Gasteiger partial charge >= 0.3 is 5.97 Å². The van der Waals surface area contributed by atoms with Gasteiger partial charge in [-0.1, -0.05) is 32.8 Å². The van der Waals surface area contributed by atoms with Gasteiger partial charge < -0.3 is 10.1 Å². The van der Waals surface area contributed by atoms with E-state index in [4.69, 9.17) is 0 Å². The summed E-state index contributed by atoms with van der Waals surface area (Å²) in [4.78, 5) is 11.3. The van der Waals surface area contributed by atoms with Gasteiger partial charge in [0.1, 0.15) is 5.82 Å². The van der Waals surface area contributed by atoms with Crippen molar-refractivity contribution in [1.29, 1.82) is 0 Å². The molecule has 0 heterocycles. The Morgan fingerprint density at radius 2 is 2.00 bits per heavy atom. The lowest BCUT2D eigenvalue weighted by Gasteiger charge is -2.15. The average molecular weight is 295 g/mol. The maximum Gasteiger partial charge on any atom is 0.340 e. The topological polar surface area (TPSA) is 38.3 Å². The zero-order valence-electron chi connectivity index (χ0n) is 13.4. The van der Waals surface area contributed by atoms with Gasteiger partial charge in [0.15, 0.2) is 0 Å². The van der Waals surface area contributed by atoms with Crippen LogP contribution in [0.5, 0.6) is 0 Å². The van der Waals surface area contributed by atoms with Gasteiger partial charge in [-0.3, -0.25) is 0 Å². The predicted molar refractivity (Wildman–Crippen MR) is 82.7 cm³/mol. The number of nitrogens with one attached hydrogen (secondary N) is 1. The summed E-state index contributed by atoms with van der Waals surface area (Å²) in [5, 5.41) is 3.38. The molecule has 0 aliphatic rings. The summed E-state index contributed by atoms with van der Waals surface area (Å²) in [5.74, 6) is -0.445. The highest BCUT2D eigenvalue weighted by molar-refractivity contribution is 5.89. The summed E-state index contributed by atoms with van der Waals surface area (Å²) in [6.45, 7) is 7.19. The number of carbonyl (C=O) groups excluding carboxylic acids is 1. The lowest BCUT2D eigenvalue weighted by Crippen LogP contribution is -2.25. The monoisotopic (exact) mass is 295 g/mol. The highest BCUT2D eigenvalue weighted by Crippen LogP contribution is 2.13. The Kier molecular flexibility index (Phi) is 7.37. The number of hydrogen-bond donors (Lipinski definition) is 1. The second-order valence-corrected chi connectivity index (χ2v) is 5.91. The minimum atomic E-state index is -0.644. The highest BCUT2D eigenvalue weighted by Gasteiger charge is 2.12. The molecule has 1 atom stereocenters. The molecule has 0 saturated heterocycles. The third-order valence-corrected chi connectivity index (χ3v) is 3.51. The molecule has 0 radical (unpaired) electrons. The fourth-order valence-electron chi connectivity index (χ4n) is 2.17. The van der Waals surface area contributed by atoms with Gasteiger partial charge in [0.2, 0.25) is 0 Å². The fraction of sp³-hybridized carbons (Fsp3) is 0.588. The average Bonchev–Trinajstić information content (AvgIpc) is 2.44. The van der Waals surface area contributed by atoms with E-state index in [1.165, 1.54) is 32.1 Å². The summed E-state index contributed by atoms with van der Waals surface area (Å²) in [7, 11) is 1.25. The molecule has 0 aliphatic carbocycles. The van der Waals surface area contributed by atoms with E-state index in [9.17, 15) is 9.18 Å². The molecule has 21 heavy (non-hydrogen) atoms. The van der Waals surface area contributed by atoms with Gasteiger partial charge in [-0.2, -0.15) is 0 Å². The first kappa shape index (κ1) is 17.6. The lowest BCUT2D eigenvalue weighted by atomic mass is 10.0. The predicted octanol–water partition coefficient (Wildman–Crippen LogP) is 3.92. The number of hydrogen-bond acceptors (Lipinski definition) is 3. The molecule has 1 N–H and O–H groups in total. The molecule has 118 valence electrons. The minimum absolute atomic E-state index is 0.0220. The quantitative estimate of drug-likeness (QED) is 0.739. The van der Waals surface area contributed by atoms with E-state index in [-0.39, 0.29) is 5.56 Å². The largest absolute Gasteiger partial charge is 0.465 e. The van der Waals surface area contributed by atoms with Crippen molar-refractivity contribution in [2.45, 2.75) is 52.6 Å². The summed E-state index contributed by atoms with van der Waals surface area (Å²) in [6, 6.07) is 5.01. The lowest BCUT2D eigenvalue weighted by molar-refractivity contribution is 0.0595. The van der Waals surface area contributed by atoms with Gasteiger partial charge in [-0.25, -0.2) is 9.18 Å². The Morgan fingerprint density at radius 1 is 1.29 bits per heavy atom. The van der Waals surface area contributed by atoms with E-state index in [2.05, 4.69) is 30.8 Å². The zero-order valence-corrected chi connectivity index (χ0v) is 13.4. The van der Waals surface area contributed by atoms with Crippen molar-refractivity contribution >= 4 is 5.97 Å². The number of esters is 1. The molecule has 0 fully saturated rings. The van der Waals surface area contributed by atoms with Gasteiger partial charge in [0.05, 0.1) is 12.7 Å². The smallest absolute Gasteiger partial charge is 0.340 e. The van der Waals surface area contributed by atoms with Crippen LogP contribution < -0.4 is 5.32 Å². The first-order chi connectivity index (χ1) is 9.93. The minimum Gasteiger partial charge on any atom is -0.465 e. The van der Waals surface area contributed by atoms with Crippen molar-refractivity contribution in [3.63, 3.8) is 0 Å². The maximum atomic E-state index is 13.8. The first-order valence-corrected chi connectivity index (χ1v) is 7.54. The Labute approximate surface area is 126 Å². The number of ether oxygens (including phenoxy) is 1. The van der Waals surface area contributed by atoms with Crippen LogP contribution in [0, 0.1) is 11.7 Å². The third kappa shape index (κ3) is 6.25. The molecule has 0 spiro atoms. The summed E-state index contributed by atoms with van der Waals surface area (Å²) in [6.07, 6.45) is 3.54. The zero-order chi connectivity index (χ0) is 15.8. The van der Waals surface area contributed by atoms with Crippen LogP contribution >= 0.6 is 0 Å². The van der Waals surface area contributed by atoms with Crippen molar-refractivity contribution < 1.29 is 13.9 Å². The molecule has 0 aromatic heterocycles. The standard InChI is InChI=1S/C17H26FNO2/c1-12(2)6-5-7-13(3)19-11-14-8-9-15(16(18)10-14)17(20)21-4/h8-10,12-13,19H,5-7,11H2,1-4H3. The van der Waals surface area contributed by atoms with E-state index in [1.807, 2.05) is 0 Å². The molecular formula is C17H26FNO2. The Morgan fingerprint density at radius 3 is 2.57 bits per heavy atom. The number of benzene rings is 1. The van der Waals surface area contributed by atoms with Crippen LogP contribution in [0.15, 0.2) is 18.2 Å². The SMILES string of the molecule is COC(=O)c1ccc(CNC(C)CCCC(C)C)cc1F. The van der Waals surface area contributed by atoms with Crippen LogP contribution in [0.2, 0.25) is 0 Å². The second-order valence-electron chi connectivity index (χ2n) is 5.91. The number of halogens is 1. The molecule has 3 nitrogen and oxygen atoms in total. The second kappa shape index (κ2) is 8.78. The number of methoxy groups -OCH3 is 1. The normalized spacial score (nSPS) is 12.5. The Hall–Kier alpha value is -1.42. The van der Waals surface area contributed by atoms with Crippen LogP contribution in [0.1, 0.15) is 56.0 Å². The molecule has 0 saturated carbocycles. The molecular weight excluding hydrogens is 269 g/mol. The van der Waals surface area contributed by atoms with E-state index in [1.54, 1.807) is 6.07 Å². The number of rotatable bonds is 8. The van der Waals surface area contributed by atoms with E-state index in [0.717, 1.165) is 17.9 Å². The third-order valence-electron chi connectivity index (χ3n) is 3.51. The fourth-order valence-corrected chi connectivity index (χ4v) is 2.17. The van der Waals surface area contributed by atoms with E-state index in [0.29, 0.717) is 12.6 Å². The van der Waals surface area contributed by atoms with Crippen LogP contribution in [0.25, 0.3) is 0 Å². The first-order valence-electron chi connectivity index (χ1n) is 7.54. The van der Waals surface area contributed by atoms with Crippen molar-refractivity contribution in [3.05, 3.63) is 35.1 Å². The number of carbonyl (C=O) groups is 1. The van der Waals surface area contributed by atoms with Crippen LogP contribution in [0.4, 0.5) is 4.39 Å². The van der Waals surface area contributed by atoms with E-state index >= 15 is 0 Å². The van der Waals surface area contributed by atoms with Crippen molar-refractivity contribution in [2.75, 3.05) is 7.11 Å². The van der Waals surface area contributed by atoms with Gasteiger partial charge in [0.25, 0.3) is 0 Å². The molecule has 4 heteroatoms.